The van der Waals surface area contributed by atoms with Gasteiger partial charge in [0.15, 0.2) is 0 Å². The second kappa shape index (κ2) is 3.70. The molecule has 0 bridgehead atoms. The number of benzene rings is 1. The molecule has 1 aliphatic heterocycles. The smallest absolute Gasteiger partial charge is 0.0884 e. The maximum atomic E-state index is 9.65. The zero-order valence-corrected chi connectivity index (χ0v) is 9.09. The summed E-state index contributed by atoms with van der Waals surface area (Å²) in [5.74, 6) is 1.58. The van der Waals surface area contributed by atoms with E-state index < -0.39 is 6.10 Å². The van der Waals surface area contributed by atoms with Crippen molar-refractivity contribution in [2.45, 2.75) is 11.9 Å². The minimum absolute atomic E-state index is 0.400. The van der Waals surface area contributed by atoms with Gasteiger partial charge in [-0.3, -0.25) is 0 Å². The SMILES string of the molecule is OC1CSCc2c1ccc(Cl)c2Cl. The van der Waals surface area contributed by atoms with Gasteiger partial charge in [-0.25, -0.2) is 0 Å². The van der Waals surface area contributed by atoms with Crippen LogP contribution in [0.1, 0.15) is 17.2 Å². The summed E-state index contributed by atoms with van der Waals surface area (Å²) < 4.78 is 0. The Kier molecular flexibility index (Phi) is 2.75. The van der Waals surface area contributed by atoms with Crippen LogP contribution in [0.4, 0.5) is 0 Å². The quantitative estimate of drug-likeness (QED) is 0.744. The van der Waals surface area contributed by atoms with Gasteiger partial charge in [0, 0.05) is 11.5 Å². The predicted octanol–water partition coefficient (Wildman–Crippen LogP) is 3.27. The second-order valence-electron chi connectivity index (χ2n) is 2.96. The largest absolute Gasteiger partial charge is 0.388 e. The Morgan fingerprint density at radius 1 is 1.38 bits per heavy atom. The normalized spacial score (nSPS) is 21.3. The first-order valence-electron chi connectivity index (χ1n) is 3.92. The standard InChI is InChI=1S/C9H8Cl2OS/c10-7-2-1-5-6(9(7)11)3-13-4-8(5)12/h1-2,8,12H,3-4H2. The first-order chi connectivity index (χ1) is 6.20. The van der Waals surface area contributed by atoms with Crippen LogP contribution in [-0.4, -0.2) is 10.9 Å². The minimum atomic E-state index is -0.400. The summed E-state index contributed by atoms with van der Waals surface area (Å²) in [6.07, 6.45) is -0.400. The van der Waals surface area contributed by atoms with E-state index in [-0.39, 0.29) is 0 Å². The number of hydrogen-bond acceptors (Lipinski definition) is 2. The highest BCUT2D eigenvalue weighted by molar-refractivity contribution is 7.98. The Morgan fingerprint density at radius 2 is 2.15 bits per heavy atom. The molecule has 0 saturated carbocycles. The Balaban J connectivity index is 2.56. The molecule has 70 valence electrons. The van der Waals surface area contributed by atoms with Crippen LogP contribution < -0.4 is 0 Å². The van der Waals surface area contributed by atoms with Gasteiger partial charge >= 0.3 is 0 Å². The van der Waals surface area contributed by atoms with E-state index >= 15 is 0 Å². The van der Waals surface area contributed by atoms with E-state index in [0.717, 1.165) is 22.6 Å². The summed E-state index contributed by atoms with van der Waals surface area (Å²) in [4.78, 5) is 0. The molecule has 2 rings (SSSR count). The van der Waals surface area contributed by atoms with Crippen molar-refractivity contribution in [3.8, 4) is 0 Å². The Morgan fingerprint density at radius 3 is 2.92 bits per heavy atom. The summed E-state index contributed by atoms with van der Waals surface area (Å²) in [5.41, 5.74) is 1.91. The van der Waals surface area contributed by atoms with Crippen LogP contribution >= 0.6 is 35.0 Å². The molecule has 1 nitrogen and oxygen atoms in total. The third-order valence-corrected chi connectivity index (χ3v) is 4.00. The van der Waals surface area contributed by atoms with Gasteiger partial charge in [0.05, 0.1) is 16.1 Å². The van der Waals surface area contributed by atoms with Crippen LogP contribution in [0.5, 0.6) is 0 Å². The third-order valence-electron chi connectivity index (χ3n) is 2.11. The molecule has 0 radical (unpaired) electrons. The lowest BCUT2D eigenvalue weighted by atomic mass is 10.0. The van der Waals surface area contributed by atoms with E-state index in [1.54, 1.807) is 17.8 Å². The second-order valence-corrected chi connectivity index (χ2v) is 4.78. The summed E-state index contributed by atoms with van der Waals surface area (Å²) in [5, 5.41) is 10.8. The van der Waals surface area contributed by atoms with Gasteiger partial charge in [0.25, 0.3) is 0 Å². The Hall–Kier alpha value is 0.110. The maximum absolute atomic E-state index is 9.65. The number of aliphatic hydroxyl groups is 1. The Bertz CT molecular complexity index is 341. The van der Waals surface area contributed by atoms with Crippen LogP contribution in [0.15, 0.2) is 12.1 Å². The molecule has 1 aromatic rings. The lowest BCUT2D eigenvalue weighted by Gasteiger charge is -2.22. The number of rotatable bonds is 0. The molecule has 0 fully saturated rings. The van der Waals surface area contributed by atoms with Crippen LogP contribution in [-0.2, 0) is 5.75 Å². The molecule has 0 aromatic heterocycles. The zero-order chi connectivity index (χ0) is 9.42. The van der Waals surface area contributed by atoms with Crippen LogP contribution in [0.2, 0.25) is 10.0 Å². The summed E-state index contributed by atoms with van der Waals surface area (Å²) in [7, 11) is 0. The topological polar surface area (TPSA) is 20.2 Å². The van der Waals surface area contributed by atoms with Crippen molar-refractivity contribution in [1.82, 2.24) is 0 Å². The average molecular weight is 235 g/mol. The van der Waals surface area contributed by atoms with Crippen molar-refractivity contribution < 1.29 is 5.11 Å². The minimum Gasteiger partial charge on any atom is -0.388 e. The molecule has 1 N–H and O–H groups in total. The maximum Gasteiger partial charge on any atom is 0.0884 e. The number of hydrogen-bond donors (Lipinski definition) is 1. The number of fused-ring (bicyclic) bond motifs is 1. The fourth-order valence-corrected chi connectivity index (χ4v) is 2.96. The third kappa shape index (κ3) is 1.68. The van der Waals surface area contributed by atoms with Crippen molar-refractivity contribution in [2.24, 2.45) is 0 Å². The first-order valence-corrected chi connectivity index (χ1v) is 5.84. The molecular weight excluding hydrogens is 227 g/mol. The lowest BCUT2D eigenvalue weighted by Crippen LogP contribution is -2.10. The van der Waals surface area contributed by atoms with Crippen LogP contribution in [0.3, 0.4) is 0 Å². The van der Waals surface area contributed by atoms with E-state index in [9.17, 15) is 5.11 Å². The molecule has 0 aliphatic carbocycles. The highest BCUT2D eigenvalue weighted by atomic mass is 35.5. The summed E-state index contributed by atoms with van der Waals surface area (Å²) in [6.45, 7) is 0. The average Bonchev–Trinajstić information content (AvgIpc) is 2.12. The molecule has 13 heavy (non-hydrogen) atoms. The molecule has 1 atom stereocenters. The van der Waals surface area contributed by atoms with E-state index in [4.69, 9.17) is 23.2 Å². The molecule has 1 unspecified atom stereocenters. The molecule has 0 spiro atoms. The van der Waals surface area contributed by atoms with Gasteiger partial charge in [0.2, 0.25) is 0 Å². The lowest BCUT2D eigenvalue weighted by molar-refractivity contribution is 0.202. The van der Waals surface area contributed by atoms with Crippen LogP contribution in [0, 0.1) is 0 Å². The van der Waals surface area contributed by atoms with E-state index in [1.165, 1.54) is 0 Å². The van der Waals surface area contributed by atoms with Crippen molar-refractivity contribution in [3.05, 3.63) is 33.3 Å². The fourth-order valence-electron chi connectivity index (χ4n) is 1.43. The van der Waals surface area contributed by atoms with Crippen molar-refractivity contribution >= 4 is 35.0 Å². The zero-order valence-electron chi connectivity index (χ0n) is 6.76. The highest BCUT2D eigenvalue weighted by Gasteiger charge is 2.21. The van der Waals surface area contributed by atoms with Gasteiger partial charge in [-0.15, -0.1) is 0 Å². The molecule has 4 heteroatoms. The summed E-state index contributed by atoms with van der Waals surface area (Å²) >= 11 is 13.6. The molecular formula is C9H8Cl2OS. The van der Waals surface area contributed by atoms with Gasteiger partial charge in [-0.2, -0.15) is 11.8 Å². The van der Waals surface area contributed by atoms with Crippen LogP contribution in [0.25, 0.3) is 0 Å². The predicted molar refractivity (Wildman–Crippen MR) is 57.6 cm³/mol. The first kappa shape index (κ1) is 9.66. The fraction of sp³-hybridized carbons (Fsp3) is 0.333. The number of aliphatic hydroxyl groups excluding tert-OH is 1. The monoisotopic (exact) mass is 234 g/mol. The van der Waals surface area contributed by atoms with Crippen molar-refractivity contribution in [1.29, 1.82) is 0 Å². The van der Waals surface area contributed by atoms with Crippen molar-refractivity contribution in [2.75, 3.05) is 5.75 Å². The van der Waals surface area contributed by atoms with Gasteiger partial charge < -0.3 is 5.11 Å². The van der Waals surface area contributed by atoms with E-state index in [2.05, 4.69) is 0 Å². The molecule has 1 heterocycles. The number of halogens is 2. The van der Waals surface area contributed by atoms with Gasteiger partial charge in [-0.05, 0) is 17.2 Å². The Labute approximate surface area is 91.0 Å². The molecule has 1 aromatic carbocycles. The van der Waals surface area contributed by atoms with Gasteiger partial charge in [0.1, 0.15) is 0 Å². The van der Waals surface area contributed by atoms with Gasteiger partial charge in [-0.1, -0.05) is 29.3 Å². The van der Waals surface area contributed by atoms with E-state index in [1.807, 2.05) is 6.07 Å². The molecule has 0 amide bonds. The number of thioether (sulfide) groups is 1. The molecule has 0 saturated heterocycles. The highest BCUT2D eigenvalue weighted by Crippen LogP contribution is 2.38. The van der Waals surface area contributed by atoms with E-state index in [0.29, 0.717) is 10.0 Å². The summed E-state index contributed by atoms with van der Waals surface area (Å²) in [6, 6.07) is 3.59. The van der Waals surface area contributed by atoms with Crippen molar-refractivity contribution in [3.63, 3.8) is 0 Å². The molecule has 1 aliphatic rings.